The highest BCUT2D eigenvalue weighted by Gasteiger charge is 2.15. The maximum Gasteiger partial charge on any atom is 0.255 e. The maximum atomic E-state index is 12.4. The molecule has 0 radical (unpaired) electrons. The van der Waals surface area contributed by atoms with Crippen LogP contribution < -0.4 is 14.8 Å². The van der Waals surface area contributed by atoms with Crippen LogP contribution in [0.2, 0.25) is 0 Å². The molecule has 27 heavy (non-hydrogen) atoms. The van der Waals surface area contributed by atoms with E-state index in [0.717, 1.165) is 11.5 Å². The molecule has 0 saturated heterocycles. The zero-order valence-corrected chi connectivity index (χ0v) is 16.3. The number of carbonyl (C=O) groups is 1. The Morgan fingerprint density at radius 2 is 1.74 bits per heavy atom. The molecule has 0 heterocycles. The molecule has 1 N–H and O–H groups in total. The van der Waals surface area contributed by atoms with E-state index in [4.69, 9.17) is 9.47 Å². The monoisotopic (exact) mass is 381 g/mol. The van der Waals surface area contributed by atoms with Gasteiger partial charge in [-0.1, -0.05) is 48.5 Å². The maximum absolute atomic E-state index is 12.4. The van der Waals surface area contributed by atoms with Gasteiger partial charge in [0.1, 0.15) is 0 Å². The van der Waals surface area contributed by atoms with Crippen molar-refractivity contribution in [1.82, 2.24) is 5.32 Å². The SMILES string of the molecule is COc1cccc(C(=O)NCCSCc2cccc3ccccc23)c1OC. The highest BCUT2D eigenvalue weighted by molar-refractivity contribution is 7.98. The number of ether oxygens (including phenoxy) is 2. The third-order valence-electron chi connectivity index (χ3n) is 4.32. The van der Waals surface area contributed by atoms with E-state index in [0.29, 0.717) is 23.6 Å². The van der Waals surface area contributed by atoms with E-state index in [1.165, 1.54) is 23.4 Å². The second-order valence-corrected chi connectivity index (χ2v) is 7.09. The molecule has 3 aromatic carbocycles. The quantitative estimate of drug-likeness (QED) is 0.583. The van der Waals surface area contributed by atoms with Crippen molar-refractivity contribution < 1.29 is 14.3 Å². The van der Waals surface area contributed by atoms with E-state index < -0.39 is 0 Å². The lowest BCUT2D eigenvalue weighted by atomic mass is 10.1. The van der Waals surface area contributed by atoms with Crippen molar-refractivity contribution in [1.29, 1.82) is 0 Å². The van der Waals surface area contributed by atoms with E-state index in [1.54, 1.807) is 37.1 Å². The van der Waals surface area contributed by atoms with E-state index in [-0.39, 0.29) is 5.91 Å². The van der Waals surface area contributed by atoms with E-state index in [1.807, 2.05) is 0 Å². The summed E-state index contributed by atoms with van der Waals surface area (Å²) < 4.78 is 10.6. The number of thioether (sulfide) groups is 1. The number of hydrogen-bond donors (Lipinski definition) is 1. The zero-order chi connectivity index (χ0) is 19.1. The molecule has 0 unspecified atom stereocenters. The third kappa shape index (κ3) is 4.55. The molecule has 0 aliphatic rings. The summed E-state index contributed by atoms with van der Waals surface area (Å²) in [7, 11) is 3.10. The molecule has 5 heteroatoms. The number of fused-ring (bicyclic) bond motifs is 1. The lowest BCUT2D eigenvalue weighted by molar-refractivity contribution is 0.0952. The van der Waals surface area contributed by atoms with Crippen molar-refractivity contribution in [2.24, 2.45) is 0 Å². The molecule has 4 nitrogen and oxygen atoms in total. The number of carbonyl (C=O) groups excluding carboxylic acids is 1. The van der Waals surface area contributed by atoms with E-state index in [2.05, 4.69) is 47.8 Å². The van der Waals surface area contributed by atoms with Crippen LogP contribution >= 0.6 is 11.8 Å². The van der Waals surface area contributed by atoms with Crippen molar-refractivity contribution in [2.75, 3.05) is 26.5 Å². The second-order valence-electron chi connectivity index (χ2n) is 5.99. The van der Waals surface area contributed by atoms with Gasteiger partial charge in [0, 0.05) is 18.1 Å². The molecular weight excluding hydrogens is 358 g/mol. The Morgan fingerprint density at radius 3 is 2.56 bits per heavy atom. The van der Waals surface area contributed by atoms with Gasteiger partial charge in [0.2, 0.25) is 0 Å². The summed E-state index contributed by atoms with van der Waals surface area (Å²) in [4.78, 5) is 12.4. The van der Waals surface area contributed by atoms with Crippen molar-refractivity contribution in [3.8, 4) is 11.5 Å². The van der Waals surface area contributed by atoms with Crippen LogP contribution in [0.15, 0.2) is 60.7 Å². The Hall–Kier alpha value is -2.66. The molecule has 3 rings (SSSR count). The van der Waals surface area contributed by atoms with E-state index >= 15 is 0 Å². The van der Waals surface area contributed by atoms with Crippen LogP contribution in [-0.4, -0.2) is 32.4 Å². The van der Waals surface area contributed by atoms with Gasteiger partial charge in [-0.25, -0.2) is 0 Å². The summed E-state index contributed by atoms with van der Waals surface area (Å²) in [6, 6.07) is 20.1. The summed E-state index contributed by atoms with van der Waals surface area (Å²) in [6.07, 6.45) is 0. The number of para-hydroxylation sites is 1. The van der Waals surface area contributed by atoms with Gasteiger partial charge in [-0.05, 0) is 28.5 Å². The van der Waals surface area contributed by atoms with Crippen LogP contribution in [0.3, 0.4) is 0 Å². The molecule has 140 valence electrons. The minimum Gasteiger partial charge on any atom is -0.493 e. The van der Waals surface area contributed by atoms with Gasteiger partial charge in [-0.3, -0.25) is 4.79 Å². The molecular formula is C22H23NO3S. The largest absolute Gasteiger partial charge is 0.493 e. The highest BCUT2D eigenvalue weighted by atomic mass is 32.2. The number of nitrogens with one attached hydrogen (secondary N) is 1. The lowest BCUT2D eigenvalue weighted by Crippen LogP contribution is -2.26. The molecule has 0 saturated carbocycles. The van der Waals surface area contributed by atoms with Gasteiger partial charge in [0.25, 0.3) is 5.91 Å². The zero-order valence-electron chi connectivity index (χ0n) is 15.5. The fourth-order valence-corrected chi connectivity index (χ4v) is 3.86. The summed E-state index contributed by atoms with van der Waals surface area (Å²) in [5.74, 6) is 2.61. The van der Waals surface area contributed by atoms with Gasteiger partial charge in [0.05, 0.1) is 19.8 Å². The molecule has 0 aromatic heterocycles. The first-order chi connectivity index (χ1) is 13.2. The molecule has 0 spiro atoms. The van der Waals surface area contributed by atoms with Crippen LogP contribution in [0.1, 0.15) is 15.9 Å². The minimum atomic E-state index is -0.156. The number of benzene rings is 3. The summed E-state index contributed by atoms with van der Waals surface area (Å²) >= 11 is 1.81. The minimum absolute atomic E-state index is 0.156. The Balaban J connectivity index is 1.53. The topological polar surface area (TPSA) is 47.6 Å². The predicted molar refractivity (Wildman–Crippen MR) is 112 cm³/mol. The van der Waals surface area contributed by atoms with Crippen LogP contribution in [0.25, 0.3) is 10.8 Å². The van der Waals surface area contributed by atoms with Crippen LogP contribution in [0, 0.1) is 0 Å². The smallest absolute Gasteiger partial charge is 0.255 e. The Bertz CT molecular complexity index is 921. The summed E-state index contributed by atoms with van der Waals surface area (Å²) in [5.41, 5.74) is 1.80. The first-order valence-electron chi connectivity index (χ1n) is 8.78. The standard InChI is InChI=1S/C22H23NO3S/c1-25-20-12-6-11-19(21(20)26-2)22(24)23-13-14-27-15-17-9-5-8-16-7-3-4-10-18(16)17/h3-12H,13-15H2,1-2H3,(H,23,24). The van der Waals surface area contributed by atoms with Crippen LogP contribution in [-0.2, 0) is 5.75 Å². The van der Waals surface area contributed by atoms with Gasteiger partial charge in [-0.15, -0.1) is 0 Å². The summed E-state index contributed by atoms with van der Waals surface area (Å²) in [5, 5.41) is 5.50. The lowest BCUT2D eigenvalue weighted by Gasteiger charge is -2.12. The molecule has 1 amide bonds. The van der Waals surface area contributed by atoms with Gasteiger partial charge < -0.3 is 14.8 Å². The van der Waals surface area contributed by atoms with Crippen molar-refractivity contribution >= 4 is 28.4 Å². The van der Waals surface area contributed by atoms with Gasteiger partial charge in [-0.2, -0.15) is 11.8 Å². The number of amides is 1. The molecule has 3 aromatic rings. The normalized spacial score (nSPS) is 10.6. The average Bonchev–Trinajstić information content (AvgIpc) is 2.72. The second kappa shape index (κ2) is 9.33. The van der Waals surface area contributed by atoms with Gasteiger partial charge in [0.15, 0.2) is 11.5 Å². The molecule has 0 bridgehead atoms. The Kier molecular flexibility index (Phi) is 6.60. The van der Waals surface area contributed by atoms with Crippen molar-refractivity contribution in [2.45, 2.75) is 5.75 Å². The third-order valence-corrected chi connectivity index (χ3v) is 5.32. The average molecular weight is 381 g/mol. The first-order valence-corrected chi connectivity index (χ1v) is 9.93. The van der Waals surface area contributed by atoms with Crippen molar-refractivity contribution in [3.05, 3.63) is 71.8 Å². The predicted octanol–water partition coefficient (Wildman–Crippen LogP) is 4.52. The van der Waals surface area contributed by atoms with Gasteiger partial charge >= 0.3 is 0 Å². The Morgan fingerprint density at radius 1 is 0.963 bits per heavy atom. The number of hydrogen-bond acceptors (Lipinski definition) is 4. The van der Waals surface area contributed by atoms with E-state index in [9.17, 15) is 4.79 Å². The summed E-state index contributed by atoms with van der Waals surface area (Å²) in [6.45, 7) is 0.592. The molecule has 0 aliphatic heterocycles. The van der Waals surface area contributed by atoms with Crippen LogP contribution in [0.5, 0.6) is 11.5 Å². The fraction of sp³-hybridized carbons (Fsp3) is 0.227. The number of rotatable bonds is 8. The Labute approximate surface area is 163 Å². The number of methoxy groups -OCH3 is 2. The van der Waals surface area contributed by atoms with Crippen molar-refractivity contribution in [3.63, 3.8) is 0 Å². The molecule has 0 aliphatic carbocycles. The molecule has 0 atom stereocenters. The fourth-order valence-electron chi connectivity index (χ4n) is 3.00. The highest BCUT2D eigenvalue weighted by Crippen LogP contribution is 2.30. The first kappa shape index (κ1) is 19.1. The van der Waals surface area contributed by atoms with Crippen LogP contribution in [0.4, 0.5) is 0 Å². The molecule has 0 fully saturated rings.